The summed E-state index contributed by atoms with van der Waals surface area (Å²) in [7, 11) is 4.19. The van der Waals surface area contributed by atoms with Crippen molar-refractivity contribution in [2.75, 3.05) is 27.2 Å². The van der Waals surface area contributed by atoms with Gasteiger partial charge in [0.25, 0.3) is 0 Å². The third kappa shape index (κ3) is 2.80. The molecule has 2 nitrogen and oxygen atoms in total. The molecular formula is C9H19NO. The minimum Gasteiger partial charge on any atom is -0.396 e. The number of aliphatic hydroxyl groups excluding tert-OH is 1. The quantitative estimate of drug-likeness (QED) is 0.646. The van der Waals surface area contributed by atoms with Gasteiger partial charge < -0.3 is 10.0 Å². The Kier molecular flexibility index (Phi) is 2.90. The van der Waals surface area contributed by atoms with Gasteiger partial charge in [-0.1, -0.05) is 0 Å². The molecule has 1 N–H and O–H groups in total. The minimum atomic E-state index is 0.357. The predicted molar refractivity (Wildman–Crippen MR) is 46.5 cm³/mol. The Morgan fingerprint density at radius 1 is 1.36 bits per heavy atom. The highest BCUT2D eigenvalue weighted by Gasteiger charge is 2.40. The van der Waals surface area contributed by atoms with E-state index in [0.29, 0.717) is 12.0 Å². The zero-order valence-electron chi connectivity index (χ0n) is 7.64. The normalized spacial score (nSPS) is 20.7. The number of hydrogen-bond donors (Lipinski definition) is 1. The number of aliphatic hydroxyl groups is 1. The molecule has 0 aliphatic heterocycles. The van der Waals surface area contributed by atoms with Crippen molar-refractivity contribution in [3.8, 4) is 0 Å². The second-order valence-electron chi connectivity index (χ2n) is 4.06. The van der Waals surface area contributed by atoms with E-state index >= 15 is 0 Å². The predicted octanol–water partition coefficient (Wildman–Crippen LogP) is 1.10. The maximum atomic E-state index is 9.01. The molecule has 0 spiro atoms. The van der Waals surface area contributed by atoms with Gasteiger partial charge in [-0.15, -0.1) is 0 Å². The monoisotopic (exact) mass is 157 g/mol. The van der Waals surface area contributed by atoms with Crippen LogP contribution in [0.1, 0.15) is 25.7 Å². The molecule has 0 aromatic carbocycles. The van der Waals surface area contributed by atoms with Gasteiger partial charge in [0.1, 0.15) is 0 Å². The molecule has 1 aliphatic rings. The van der Waals surface area contributed by atoms with Crippen LogP contribution in [0.3, 0.4) is 0 Å². The van der Waals surface area contributed by atoms with Gasteiger partial charge in [0.05, 0.1) is 0 Å². The lowest BCUT2D eigenvalue weighted by molar-refractivity contribution is 0.196. The average molecular weight is 157 g/mol. The number of hydrogen-bond acceptors (Lipinski definition) is 2. The highest BCUT2D eigenvalue weighted by Crippen LogP contribution is 2.48. The van der Waals surface area contributed by atoms with Gasteiger partial charge in [-0.2, -0.15) is 0 Å². The standard InChI is InChI=1S/C9H19NO/c1-10(2)7-3-4-9(8-11)5-6-9/h11H,3-8H2,1-2H3. The van der Waals surface area contributed by atoms with Crippen LogP contribution in [0.25, 0.3) is 0 Å². The second kappa shape index (κ2) is 3.55. The molecule has 0 radical (unpaired) electrons. The molecule has 0 amide bonds. The molecule has 1 rings (SSSR count). The summed E-state index contributed by atoms with van der Waals surface area (Å²) >= 11 is 0. The summed E-state index contributed by atoms with van der Waals surface area (Å²) in [5, 5.41) is 9.01. The van der Waals surface area contributed by atoms with E-state index in [0.717, 1.165) is 6.54 Å². The lowest BCUT2D eigenvalue weighted by Gasteiger charge is -2.13. The zero-order valence-corrected chi connectivity index (χ0v) is 7.64. The summed E-state index contributed by atoms with van der Waals surface area (Å²) in [5.74, 6) is 0. The van der Waals surface area contributed by atoms with Crippen molar-refractivity contribution in [2.24, 2.45) is 5.41 Å². The van der Waals surface area contributed by atoms with Gasteiger partial charge in [0, 0.05) is 6.61 Å². The lowest BCUT2D eigenvalue weighted by atomic mass is 10.0. The van der Waals surface area contributed by atoms with Crippen LogP contribution in [0.15, 0.2) is 0 Å². The van der Waals surface area contributed by atoms with Crippen LogP contribution in [0, 0.1) is 5.41 Å². The van der Waals surface area contributed by atoms with E-state index < -0.39 is 0 Å². The topological polar surface area (TPSA) is 23.5 Å². The highest BCUT2D eigenvalue weighted by atomic mass is 16.3. The van der Waals surface area contributed by atoms with Crippen LogP contribution in [-0.2, 0) is 0 Å². The Morgan fingerprint density at radius 3 is 2.36 bits per heavy atom. The Balaban J connectivity index is 2.03. The van der Waals surface area contributed by atoms with E-state index in [1.54, 1.807) is 0 Å². The molecule has 66 valence electrons. The number of nitrogens with zero attached hydrogens (tertiary/aromatic N) is 1. The first-order valence-electron chi connectivity index (χ1n) is 4.44. The summed E-state index contributed by atoms with van der Waals surface area (Å²) < 4.78 is 0. The van der Waals surface area contributed by atoms with Crippen LogP contribution >= 0.6 is 0 Å². The van der Waals surface area contributed by atoms with Gasteiger partial charge in [0.15, 0.2) is 0 Å². The molecule has 2 heteroatoms. The molecule has 0 atom stereocenters. The van der Waals surface area contributed by atoms with Gasteiger partial charge >= 0.3 is 0 Å². The summed E-state index contributed by atoms with van der Waals surface area (Å²) in [4.78, 5) is 2.20. The molecular weight excluding hydrogens is 138 g/mol. The van der Waals surface area contributed by atoms with Crippen molar-refractivity contribution in [1.82, 2.24) is 4.90 Å². The summed E-state index contributed by atoms with van der Waals surface area (Å²) in [6.07, 6.45) is 4.93. The third-order valence-electron chi connectivity index (χ3n) is 2.60. The molecule has 11 heavy (non-hydrogen) atoms. The van der Waals surface area contributed by atoms with Crippen molar-refractivity contribution in [3.05, 3.63) is 0 Å². The zero-order chi connectivity index (χ0) is 8.32. The van der Waals surface area contributed by atoms with Crippen LogP contribution in [0.5, 0.6) is 0 Å². The van der Waals surface area contributed by atoms with E-state index in [2.05, 4.69) is 19.0 Å². The summed E-state index contributed by atoms with van der Waals surface area (Å²) in [6.45, 7) is 1.56. The largest absolute Gasteiger partial charge is 0.396 e. The first-order valence-corrected chi connectivity index (χ1v) is 4.44. The third-order valence-corrected chi connectivity index (χ3v) is 2.60. The fourth-order valence-electron chi connectivity index (χ4n) is 1.43. The maximum absolute atomic E-state index is 9.01. The average Bonchev–Trinajstić information content (AvgIpc) is 2.69. The number of rotatable bonds is 5. The van der Waals surface area contributed by atoms with E-state index in [-0.39, 0.29) is 0 Å². The smallest absolute Gasteiger partial charge is 0.0487 e. The fraction of sp³-hybridized carbons (Fsp3) is 1.00. The Labute approximate surface area is 69.2 Å². The molecule has 0 bridgehead atoms. The first-order chi connectivity index (χ1) is 5.18. The van der Waals surface area contributed by atoms with E-state index in [4.69, 9.17) is 5.11 Å². The molecule has 0 heterocycles. The summed E-state index contributed by atoms with van der Waals surface area (Å²) in [6, 6.07) is 0. The fourth-order valence-corrected chi connectivity index (χ4v) is 1.43. The van der Waals surface area contributed by atoms with Crippen LogP contribution in [-0.4, -0.2) is 37.3 Å². The first kappa shape index (κ1) is 9.01. The van der Waals surface area contributed by atoms with Crippen LogP contribution in [0.4, 0.5) is 0 Å². The van der Waals surface area contributed by atoms with Gasteiger partial charge in [-0.25, -0.2) is 0 Å². The Bertz CT molecular complexity index is 119. The molecule has 0 aromatic heterocycles. The van der Waals surface area contributed by atoms with E-state index in [1.165, 1.54) is 25.7 Å². The molecule has 1 fully saturated rings. The minimum absolute atomic E-state index is 0.357. The Hall–Kier alpha value is -0.0800. The van der Waals surface area contributed by atoms with Crippen molar-refractivity contribution in [2.45, 2.75) is 25.7 Å². The van der Waals surface area contributed by atoms with E-state index in [1.807, 2.05) is 0 Å². The van der Waals surface area contributed by atoms with Crippen LogP contribution in [0.2, 0.25) is 0 Å². The van der Waals surface area contributed by atoms with Crippen molar-refractivity contribution < 1.29 is 5.11 Å². The van der Waals surface area contributed by atoms with E-state index in [9.17, 15) is 0 Å². The van der Waals surface area contributed by atoms with Crippen molar-refractivity contribution in [1.29, 1.82) is 0 Å². The SMILES string of the molecule is CN(C)CCCC1(CO)CC1. The highest BCUT2D eigenvalue weighted by molar-refractivity contribution is 4.92. The lowest BCUT2D eigenvalue weighted by Crippen LogP contribution is -2.15. The molecule has 1 aliphatic carbocycles. The van der Waals surface area contributed by atoms with Gasteiger partial charge in [-0.3, -0.25) is 0 Å². The van der Waals surface area contributed by atoms with Gasteiger partial charge in [-0.05, 0) is 51.7 Å². The second-order valence-corrected chi connectivity index (χ2v) is 4.06. The van der Waals surface area contributed by atoms with Gasteiger partial charge in [0.2, 0.25) is 0 Å². The Morgan fingerprint density at radius 2 is 2.00 bits per heavy atom. The van der Waals surface area contributed by atoms with Crippen molar-refractivity contribution >= 4 is 0 Å². The summed E-state index contributed by atoms with van der Waals surface area (Å²) in [5.41, 5.74) is 0.357. The van der Waals surface area contributed by atoms with Crippen LogP contribution < -0.4 is 0 Å². The van der Waals surface area contributed by atoms with Crippen molar-refractivity contribution in [3.63, 3.8) is 0 Å². The molecule has 0 saturated heterocycles. The molecule has 0 aromatic rings. The molecule has 0 unspecified atom stereocenters. The molecule has 1 saturated carbocycles. The maximum Gasteiger partial charge on any atom is 0.0487 e.